The lowest BCUT2D eigenvalue weighted by molar-refractivity contribution is -0.134. The van der Waals surface area contributed by atoms with Gasteiger partial charge in [0, 0.05) is 27.1 Å². The molecule has 2 heterocycles. The van der Waals surface area contributed by atoms with Crippen LogP contribution in [0.2, 0.25) is 0 Å². The zero-order valence-electron chi connectivity index (χ0n) is 17.6. The molecule has 1 N–H and O–H groups in total. The van der Waals surface area contributed by atoms with Crippen molar-refractivity contribution in [3.63, 3.8) is 0 Å². The summed E-state index contributed by atoms with van der Waals surface area (Å²) < 4.78 is 25.0. The Morgan fingerprint density at radius 2 is 2.07 bits per heavy atom. The van der Waals surface area contributed by atoms with Gasteiger partial charge in [0.2, 0.25) is 5.91 Å². The molecular weight excluding hydrogens is 395 g/mol. The minimum atomic E-state index is -0.716. The van der Waals surface area contributed by atoms with E-state index in [1.807, 2.05) is 11.8 Å². The van der Waals surface area contributed by atoms with Gasteiger partial charge in [-0.25, -0.2) is 14.0 Å². The third-order valence-electron chi connectivity index (χ3n) is 5.50. The lowest BCUT2D eigenvalue weighted by Gasteiger charge is -2.22. The van der Waals surface area contributed by atoms with Gasteiger partial charge < -0.3 is 24.6 Å². The Bertz CT molecular complexity index is 835. The highest BCUT2D eigenvalue weighted by Gasteiger charge is 2.37. The van der Waals surface area contributed by atoms with Gasteiger partial charge in [-0.15, -0.1) is 0 Å². The summed E-state index contributed by atoms with van der Waals surface area (Å²) in [5.74, 6) is -0.595. The first-order valence-electron chi connectivity index (χ1n) is 9.90. The number of nitrogens with zero attached hydrogens (tertiary/aromatic N) is 3. The number of carbonyl (C=O) groups is 3. The Morgan fingerprint density at radius 1 is 1.33 bits per heavy atom. The van der Waals surface area contributed by atoms with Gasteiger partial charge in [-0.2, -0.15) is 0 Å². The monoisotopic (exact) mass is 422 g/mol. The maximum absolute atomic E-state index is 14.9. The molecule has 3 atom stereocenters. The first-order valence-corrected chi connectivity index (χ1v) is 9.90. The average Bonchev–Trinajstić information content (AvgIpc) is 3.24. The number of ether oxygens (including phenoxy) is 2. The fraction of sp³-hybridized carbons (Fsp3) is 0.550. The molecule has 3 amide bonds. The van der Waals surface area contributed by atoms with Crippen molar-refractivity contribution in [2.45, 2.75) is 33.0 Å². The number of hydrogen-bond acceptors (Lipinski definition) is 6. The van der Waals surface area contributed by atoms with Gasteiger partial charge in [0.1, 0.15) is 5.82 Å². The van der Waals surface area contributed by atoms with Crippen LogP contribution in [0.1, 0.15) is 20.8 Å². The molecule has 0 aliphatic carbocycles. The second-order valence-electron chi connectivity index (χ2n) is 7.57. The summed E-state index contributed by atoms with van der Waals surface area (Å²) in [4.78, 5) is 39.9. The topological polar surface area (TPSA) is 91.4 Å². The highest BCUT2D eigenvalue weighted by molar-refractivity contribution is 5.90. The van der Waals surface area contributed by atoms with Gasteiger partial charge in [0.05, 0.1) is 30.6 Å². The second kappa shape index (κ2) is 8.76. The molecule has 2 saturated heterocycles. The van der Waals surface area contributed by atoms with E-state index in [2.05, 4.69) is 5.32 Å². The zero-order chi connectivity index (χ0) is 22.0. The normalized spacial score (nSPS) is 23.4. The Balaban J connectivity index is 1.69. The number of hydrogen-bond donors (Lipinski definition) is 1. The molecule has 0 bridgehead atoms. The van der Waals surface area contributed by atoms with Crippen molar-refractivity contribution in [2.75, 3.05) is 43.1 Å². The number of cyclic esters (lactones) is 1. The van der Waals surface area contributed by atoms with Crippen LogP contribution in [0.15, 0.2) is 18.2 Å². The number of anilines is 2. The smallest absolute Gasteiger partial charge is 0.416 e. The van der Waals surface area contributed by atoms with Crippen LogP contribution in [0.4, 0.5) is 25.4 Å². The summed E-state index contributed by atoms with van der Waals surface area (Å²) >= 11 is 0. The molecule has 0 radical (unpaired) electrons. The summed E-state index contributed by atoms with van der Waals surface area (Å²) in [7, 11) is 1.54. The summed E-state index contributed by atoms with van der Waals surface area (Å²) in [6, 6.07) is 4.38. The predicted molar refractivity (Wildman–Crippen MR) is 108 cm³/mol. The molecule has 3 rings (SSSR count). The molecule has 0 saturated carbocycles. The number of halogens is 1. The van der Waals surface area contributed by atoms with E-state index in [1.54, 1.807) is 26.1 Å². The molecule has 164 valence electrons. The minimum absolute atomic E-state index is 0.116. The summed E-state index contributed by atoms with van der Waals surface area (Å²) in [6.45, 7) is 6.53. The molecule has 0 aromatic heterocycles. The van der Waals surface area contributed by atoms with Crippen LogP contribution in [0.5, 0.6) is 0 Å². The van der Waals surface area contributed by atoms with Gasteiger partial charge in [0.15, 0.2) is 6.23 Å². The molecule has 1 unspecified atom stereocenters. The quantitative estimate of drug-likeness (QED) is 0.782. The van der Waals surface area contributed by atoms with Crippen molar-refractivity contribution in [3.05, 3.63) is 24.0 Å². The maximum Gasteiger partial charge on any atom is 0.416 e. The third kappa shape index (κ3) is 4.42. The van der Waals surface area contributed by atoms with E-state index >= 15 is 0 Å². The summed E-state index contributed by atoms with van der Waals surface area (Å²) in [6.07, 6.45) is -1.83. The van der Waals surface area contributed by atoms with Crippen LogP contribution in [-0.4, -0.2) is 68.6 Å². The number of amides is 3. The van der Waals surface area contributed by atoms with E-state index < -0.39 is 24.2 Å². The van der Waals surface area contributed by atoms with Crippen molar-refractivity contribution in [2.24, 2.45) is 5.92 Å². The Hall–Kier alpha value is -3.04. The molecule has 0 spiro atoms. The molecule has 30 heavy (non-hydrogen) atoms. The van der Waals surface area contributed by atoms with Crippen LogP contribution >= 0.6 is 0 Å². The first kappa shape index (κ1) is 21.7. The first-order chi connectivity index (χ1) is 14.2. The number of carbonyl (C=O) groups excluding carboxylic acids is 3. The number of rotatable bonds is 5. The van der Waals surface area contributed by atoms with Gasteiger partial charge in [-0.05, 0) is 31.0 Å². The third-order valence-corrected chi connectivity index (χ3v) is 5.50. The van der Waals surface area contributed by atoms with Crippen molar-refractivity contribution in [1.82, 2.24) is 10.2 Å². The van der Waals surface area contributed by atoms with Gasteiger partial charge >= 0.3 is 12.2 Å². The molecule has 1 aromatic rings. The van der Waals surface area contributed by atoms with E-state index in [1.165, 1.54) is 22.8 Å². The van der Waals surface area contributed by atoms with Crippen molar-refractivity contribution >= 4 is 29.5 Å². The van der Waals surface area contributed by atoms with E-state index in [0.717, 1.165) is 0 Å². The number of benzene rings is 1. The van der Waals surface area contributed by atoms with Crippen LogP contribution in [0, 0.1) is 11.7 Å². The number of alkyl carbamates (subject to hydrolysis) is 1. The molecule has 2 fully saturated rings. The van der Waals surface area contributed by atoms with Crippen LogP contribution < -0.4 is 15.1 Å². The number of nitrogens with one attached hydrogen (secondary N) is 1. The predicted octanol–water partition coefficient (Wildman–Crippen LogP) is 2.16. The lowest BCUT2D eigenvalue weighted by atomic mass is 10.1. The van der Waals surface area contributed by atoms with Crippen molar-refractivity contribution in [3.8, 4) is 0 Å². The largest absolute Gasteiger partial charge is 0.450 e. The molecule has 9 nitrogen and oxygen atoms in total. The van der Waals surface area contributed by atoms with Crippen molar-refractivity contribution in [1.29, 1.82) is 0 Å². The molecule has 2 aliphatic heterocycles. The van der Waals surface area contributed by atoms with Crippen LogP contribution in [0.25, 0.3) is 0 Å². The Kier molecular flexibility index (Phi) is 6.33. The highest BCUT2D eigenvalue weighted by atomic mass is 19.1. The number of likely N-dealkylation sites (N-methyl/N-ethyl adjacent to an activating group) is 1. The fourth-order valence-corrected chi connectivity index (χ4v) is 3.66. The lowest BCUT2D eigenvalue weighted by Crippen LogP contribution is -2.40. The second-order valence-corrected chi connectivity index (χ2v) is 7.57. The average molecular weight is 422 g/mol. The minimum Gasteiger partial charge on any atom is -0.450 e. The summed E-state index contributed by atoms with van der Waals surface area (Å²) in [5.41, 5.74) is 0.748. The van der Waals surface area contributed by atoms with Gasteiger partial charge in [-0.1, -0.05) is 6.92 Å². The van der Waals surface area contributed by atoms with Gasteiger partial charge in [-0.3, -0.25) is 9.69 Å². The van der Waals surface area contributed by atoms with E-state index in [0.29, 0.717) is 24.5 Å². The fourth-order valence-electron chi connectivity index (χ4n) is 3.66. The van der Waals surface area contributed by atoms with Crippen molar-refractivity contribution < 1.29 is 28.2 Å². The Morgan fingerprint density at radius 3 is 2.70 bits per heavy atom. The molecule has 2 aliphatic rings. The molecule has 10 heteroatoms. The van der Waals surface area contributed by atoms with Crippen LogP contribution in [0.3, 0.4) is 0 Å². The highest BCUT2D eigenvalue weighted by Crippen LogP contribution is 2.31. The van der Waals surface area contributed by atoms with E-state index in [9.17, 15) is 18.8 Å². The zero-order valence-corrected chi connectivity index (χ0v) is 17.6. The Labute approximate surface area is 174 Å². The van der Waals surface area contributed by atoms with E-state index in [-0.39, 0.29) is 31.0 Å². The standard InChI is InChI=1S/C20H27FN4O5/c1-5-29-19(27)22-16-10-24(9-12(16)2)17-7-6-14(8-15(17)21)25-11-18(30-20(25)28)23(4)13(3)26/h6-8,12,16,18H,5,9-11H2,1-4H3,(H,22,27)/t12-,16+,18?/m1/s1. The summed E-state index contributed by atoms with van der Waals surface area (Å²) in [5, 5.41) is 2.81. The van der Waals surface area contributed by atoms with Gasteiger partial charge in [0.25, 0.3) is 0 Å². The maximum atomic E-state index is 14.9. The van der Waals surface area contributed by atoms with E-state index in [4.69, 9.17) is 9.47 Å². The van der Waals surface area contributed by atoms with Crippen LogP contribution in [-0.2, 0) is 14.3 Å². The molecule has 1 aromatic carbocycles. The SMILES string of the molecule is CCOC(=O)N[C@H]1CN(c2ccc(N3CC(N(C)C(C)=O)OC3=O)cc2F)C[C@H]1C. The molecular formula is C20H27FN4O5.